The summed E-state index contributed by atoms with van der Waals surface area (Å²) in [5.74, 6) is 0.0650. The zero-order chi connectivity index (χ0) is 13.1. The van der Waals surface area contributed by atoms with Crippen molar-refractivity contribution < 1.29 is 9.66 Å². The van der Waals surface area contributed by atoms with Gasteiger partial charge in [0.25, 0.3) is 5.88 Å². The first-order valence-electron chi connectivity index (χ1n) is 4.66. The van der Waals surface area contributed by atoms with Gasteiger partial charge in [0, 0.05) is 22.9 Å². The fraction of sp³-hybridized carbons (Fsp3) is 0. The lowest BCUT2D eigenvalue weighted by molar-refractivity contribution is -0.385. The number of halogens is 2. The predicted octanol–water partition coefficient (Wildman–Crippen LogP) is 3.59. The van der Waals surface area contributed by atoms with E-state index in [4.69, 9.17) is 16.3 Å². The smallest absolute Gasteiger partial charge is 0.312 e. The molecule has 1 aromatic carbocycles. The minimum atomic E-state index is -0.551. The van der Waals surface area contributed by atoms with Gasteiger partial charge in [0.15, 0.2) is 5.15 Å². The zero-order valence-electron chi connectivity index (χ0n) is 8.71. The van der Waals surface area contributed by atoms with E-state index in [9.17, 15) is 10.1 Å². The van der Waals surface area contributed by atoms with Crippen molar-refractivity contribution in [2.45, 2.75) is 0 Å². The van der Waals surface area contributed by atoms with Crippen molar-refractivity contribution in [1.82, 2.24) is 9.97 Å². The molecular weight excluding hydrogens is 325 g/mol. The summed E-state index contributed by atoms with van der Waals surface area (Å²) in [6.07, 6.45) is 2.77. The molecule has 18 heavy (non-hydrogen) atoms. The molecule has 0 atom stereocenters. The van der Waals surface area contributed by atoms with Crippen LogP contribution in [-0.4, -0.2) is 14.9 Å². The fourth-order valence-electron chi connectivity index (χ4n) is 1.20. The van der Waals surface area contributed by atoms with Crippen LogP contribution >= 0.6 is 27.5 Å². The highest BCUT2D eigenvalue weighted by atomic mass is 79.9. The minimum Gasteiger partial charge on any atom is -0.429 e. The Kier molecular flexibility index (Phi) is 3.73. The van der Waals surface area contributed by atoms with Crippen molar-refractivity contribution in [3.05, 3.63) is 50.3 Å². The molecular formula is C10H5BrClN3O3. The Labute approximate surface area is 115 Å². The molecule has 2 rings (SSSR count). The van der Waals surface area contributed by atoms with E-state index < -0.39 is 4.92 Å². The second-order valence-corrected chi connectivity index (χ2v) is 4.40. The van der Waals surface area contributed by atoms with E-state index in [0.29, 0.717) is 4.47 Å². The number of nitrogens with zero attached hydrogens (tertiary/aromatic N) is 3. The first kappa shape index (κ1) is 12.7. The van der Waals surface area contributed by atoms with Crippen LogP contribution in [0.3, 0.4) is 0 Å². The van der Waals surface area contributed by atoms with Gasteiger partial charge in [0.2, 0.25) is 5.75 Å². The molecule has 1 aromatic heterocycles. The van der Waals surface area contributed by atoms with E-state index in [1.165, 1.54) is 24.5 Å². The molecule has 0 aliphatic heterocycles. The Hall–Kier alpha value is -1.73. The maximum Gasteiger partial charge on any atom is 0.312 e. The van der Waals surface area contributed by atoms with Gasteiger partial charge in [-0.1, -0.05) is 27.5 Å². The molecule has 8 heteroatoms. The molecule has 0 fully saturated rings. The quantitative estimate of drug-likeness (QED) is 0.635. The van der Waals surface area contributed by atoms with Crippen LogP contribution < -0.4 is 4.74 Å². The number of nitro benzene ring substituents is 1. The maximum atomic E-state index is 10.9. The Balaban J connectivity index is 2.41. The van der Waals surface area contributed by atoms with Crippen LogP contribution in [0.15, 0.2) is 35.1 Å². The first-order chi connectivity index (χ1) is 8.58. The van der Waals surface area contributed by atoms with Gasteiger partial charge in [-0.3, -0.25) is 10.1 Å². The number of rotatable bonds is 3. The molecule has 6 nitrogen and oxygen atoms in total. The van der Waals surface area contributed by atoms with Crippen LogP contribution in [-0.2, 0) is 0 Å². The Morgan fingerprint density at radius 3 is 2.72 bits per heavy atom. The van der Waals surface area contributed by atoms with Crippen LogP contribution in [0.2, 0.25) is 5.15 Å². The van der Waals surface area contributed by atoms with Crippen molar-refractivity contribution in [2.75, 3.05) is 0 Å². The van der Waals surface area contributed by atoms with Gasteiger partial charge in [-0.15, -0.1) is 0 Å². The van der Waals surface area contributed by atoms with E-state index in [2.05, 4.69) is 25.9 Å². The molecule has 0 aliphatic carbocycles. The zero-order valence-corrected chi connectivity index (χ0v) is 11.1. The molecule has 2 aromatic rings. The lowest BCUT2D eigenvalue weighted by Gasteiger charge is -2.06. The summed E-state index contributed by atoms with van der Waals surface area (Å²) in [5.41, 5.74) is -0.189. The van der Waals surface area contributed by atoms with E-state index in [1.54, 1.807) is 6.07 Å². The van der Waals surface area contributed by atoms with Crippen LogP contribution in [0.4, 0.5) is 5.69 Å². The van der Waals surface area contributed by atoms with Crippen molar-refractivity contribution >= 4 is 33.2 Å². The molecule has 0 aliphatic rings. The van der Waals surface area contributed by atoms with Gasteiger partial charge >= 0.3 is 5.69 Å². The number of benzene rings is 1. The van der Waals surface area contributed by atoms with Crippen molar-refractivity contribution in [3.8, 4) is 11.6 Å². The first-order valence-corrected chi connectivity index (χ1v) is 5.83. The van der Waals surface area contributed by atoms with E-state index in [1.807, 2.05) is 0 Å². The molecule has 0 saturated carbocycles. The molecule has 0 N–H and O–H groups in total. The number of nitro groups is 1. The Bertz CT molecular complexity index is 609. The third kappa shape index (κ3) is 2.74. The summed E-state index contributed by atoms with van der Waals surface area (Å²) in [6, 6.07) is 4.40. The van der Waals surface area contributed by atoms with Gasteiger partial charge in [0.1, 0.15) is 0 Å². The molecule has 0 radical (unpaired) electrons. The molecule has 92 valence electrons. The lowest BCUT2D eigenvalue weighted by Crippen LogP contribution is -1.95. The maximum absolute atomic E-state index is 10.9. The van der Waals surface area contributed by atoms with Crippen molar-refractivity contribution in [3.63, 3.8) is 0 Å². The Morgan fingerprint density at radius 1 is 1.33 bits per heavy atom. The second-order valence-electron chi connectivity index (χ2n) is 3.12. The standard InChI is InChI=1S/C10H5BrClN3O3/c11-6-1-2-8(7(5-6)15(16)17)18-10-9(12)13-3-4-14-10/h1-5H. The van der Waals surface area contributed by atoms with Crippen molar-refractivity contribution in [2.24, 2.45) is 0 Å². The van der Waals surface area contributed by atoms with Crippen LogP contribution in [0.5, 0.6) is 11.6 Å². The number of hydrogen-bond donors (Lipinski definition) is 0. The highest BCUT2D eigenvalue weighted by Crippen LogP contribution is 2.34. The molecule has 0 bridgehead atoms. The molecule has 0 amide bonds. The highest BCUT2D eigenvalue weighted by molar-refractivity contribution is 9.10. The average Bonchev–Trinajstić information content (AvgIpc) is 2.34. The van der Waals surface area contributed by atoms with Gasteiger partial charge in [0.05, 0.1) is 4.92 Å². The fourth-order valence-corrected chi connectivity index (χ4v) is 1.69. The molecule has 0 saturated heterocycles. The Morgan fingerprint density at radius 2 is 2.06 bits per heavy atom. The van der Waals surface area contributed by atoms with E-state index >= 15 is 0 Å². The summed E-state index contributed by atoms with van der Waals surface area (Å²) >= 11 is 8.91. The monoisotopic (exact) mass is 329 g/mol. The van der Waals surface area contributed by atoms with Crippen LogP contribution in [0, 0.1) is 10.1 Å². The van der Waals surface area contributed by atoms with Crippen LogP contribution in [0.25, 0.3) is 0 Å². The van der Waals surface area contributed by atoms with Crippen molar-refractivity contribution in [1.29, 1.82) is 0 Å². The number of aromatic nitrogens is 2. The minimum absolute atomic E-state index is 0.0181. The molecule has 0 spiro atoms. The lowest BCUT2D eigenvalue weighted by atomic mass is 10.3. The van der Waals surface area contributed by atoms with Gasteiger partial charge < -0.3 is 4.74 Å². The largest absolute Gasteiger partial charge is 0.429 e. The van der Waals surface area contributed by atoms with Gasteiger partial charge in [-0.05, 0) is 12.1 Å². The number of hydrogen-bond acceptors (Lipinski definition) is 5. The summed E-state index contributed by atoms with van der Waals surface area (Å²) in [5, 5.41) is 10.9. The summed E-state index contributed by atoms with van der Waals surface area (Å²) in [7, 11) is 0. The molecule has 0 unspecified atom stereocenters. The van der Waals surface area contributed by atoms with E-state index in [0.717, 1.165) is 0 Å². The third-order valence-electron chi connectivity index (χ3n) is 1.95. The average molecular weight is 331 g/mol. The topological polar surface area (TPSA) is 78.2 Å². The van der Waals surface area contributed by atoms with Crippen LogP contribution in [0.1, 0.15) is 0 Å². The predicted molar refractivity (Wildman–Crippen MR) is 67.9 cm³/mol. The summed E-state index contributed by atoms with van der Waals surface area (Å²) in [6.45, 7) is 0. The van der Waals surface area contributed by atoms with Gasteiger partial charge in [-0.25, -0.2) is 9.97 Å². The molecule has 1 heterocycles. The number of ether oxygens (including phenoxy) is 1. The summed E-state index contributed by atoms with van der Waals surface area (Å²) < 4.78 is 5.86. The van der Waals surface area contributed by atoms with E-state index in [-0.39, 0.29) is 22.5 Å². The SMILES string of the molecule is O=[N+]([O-])c1cc(Br)ccc1Oc1nccnc1Cl. The highest BCUT2D eigenvalue weighted by Gasteiger charge is 2.18. The van der Waals surface area contributed by atoms with Gasteiger partial charge in [-0.2, -0.15) is 0 Å². The summed E-state index contributed by atoms with van der Waals surface area (Å²) in [4.78, 5) is 17.9. The normalized spacial score (nSPS) is 10.1. The third-order valence-corrected chi connectivity index (χ3v) is 2.70. The second kappa shape index (κ2) is 5.28.